The average molecular weight is 524 g/mol. The molecule has 1 fully saturated rings. The number of nitriles is 1. The molecule has 0 saturated carbocycles. The summed E-state index contributed by atoms with van der Waals surface area (Å²) < 4.78 is 11.7. The third kappa shape index (κ3) is 5.08. The van der Waals surface area contributed by atoms with Gasteiger partial charge in [-0.2, -0.15) is 5.26 Å². The molecule has 10 heteroatoms. The maximum atomic E-state index is 13.6. The summed E-state index contributed by atoms with van der Waals surface area (Å²) in [5.41, 5.74) is 1.63. The van der Waals surface area contributed by atoms with Crippen LogP contribution in [0.4, 0.5) is 0 Å². The predicted octanol–water partition coefficient (Wildman–Crippen LogP) is 3.22. The highest BCUT2D eigenvalue weighted by molar-refractivity contribution is 8.00. The van der Waals surface area contributed by atoms with Crippen LogP contribution < -0.4 is 5.32 Å². The summed E-state index contributed by atoms with van der Waals surface area (Å²) in [6.45, 7) is 2.12. The molecule has 2 aliphatic heterocycles. The molecule has 2 amide bonds. The van der Waals surface area contributed by atoms with E-state index in [1.54, 1.807) is 13.2 Å². The zero-order valence-corrected chi connectivity index (χ0v) is 21.4. The zero-order valence-electron chi connectivity index (χ0n) is 19.7. The third-order valence-electron chi connectivity index (χ3n) is 5.76. The third-order valence-corrected chi connectivity index (χ3v) is 7.81. The van der Waals surface area contributed by atoms with Crippen LogP contribution in [0.5, 0.6) is 0 Å². The van der Waals surface area contributed by atoms with Gasteiger partial charge in [0, 0.05) is 0 Å². The molecule has 8 nitrogen and oxygen atoms in total. The molecule has 0 spiro atoms. The van der Waals surface area contributed by atoms with E-state index >= 15 is 0 Å². The number of esters is 1. The van der Waals surface area contributed by atoms with Gasteiger partial charge < -0.3 is 14.8 Å². The molecule has 186 valence electrons. The number of nitrogens with zero attached hydrogens (tertiary/aromatic N) is 2. The van der Waals surface area contributed by atoms with Crippen molar-refractivity contribution in [1.29, 1.82) is 5.26 Å². The van der Waals surface area contributed by atoms with Crippen molar-refractivity contribution in [2.75, 3.05) is 18.6 Å². The molecule has 2 heterocycles. The number of rotatable bonds is 9. The number of β-lactam (4-membered cyclic amide) rings is 1. The highest BCUT2D eigenvalue weighted by atomic mass is 32.2. The molecule has 0 radical (unpaired) electrons. The van der Waals surface area contributed by atoms with E-state index in [-0.39, 0.29) is 5.70 Å². The number of ether oxygens (including phenoxy) is 2. The minimum absolute atomic E-state index is 0.0506. The van der Waals surface area contributed by atoms with Gasteiger partial charge in [0.25, 0.3) is 5.91 Å². The highest BCUT2D eigenvalue weighted by Gasteiger charge is 2.55. The number of amides is 2. The number of benzene rings is 2. The van der Waals surface area contributed by atoms with Crippen LogP contribution in [0.3, 0.4) is 0 Å². The largest absolute Gasteiger partial charge is 0.495 e. The Balaban J connectivity index is 1.61. The molecule has 4 rings (SSSR count). The van der Waals surface area contributed by atoms with Gasteiger partial charge in [-0.1, -0.05) is 60.7 Å². The van der Waals surface area contributed by atoms with Gasteiger partial charge in [0.1, 0.15) is 17.2 Å². The van der Waals surface area contributed by atoms with Crippen LogP contribution in [0.1, 0.15) is 24.2 Å². The molecule has 2 aromatic rings. The molecule has 1 N–H and O–H groups in total. The molecular formula is C26H25N3O5S2. The van der Waals surface area contributed by atoms with E-state index in [2.05, 4.69) is 5.32 Å². The van der Waals surface area contributed by atoms with Crippen molar-refractivity contribution in [1.82, 2.24) is 10.2 Å². The van der Waals surface area contributed by atoms with E-state index in [1.807, 2.05) is 66.7 Å². The fourth-order valence-electron chi connectivity index (χ4n) is 4.06. The minimum Gasteiger partial charge on any atom is -0.495 e. The summed E-state index contributed by atoms with van der Waals surface area (Å²) in [7, 11) is 0. The lowest BCUT2D eigenvalue weighted by atomic mass is 10.0. The summed E-state index contributed by atoms with van der Waals surface area (Å²) >= 11 is 2.48. The van der Waals surface area contributed by atoms with Crippen molar-refractivity contribution < 1.29 is 23.9 Å². The topological polar surface area (TPSA) is 109 Å². The number of thioether (sulfide) groups is 2. The molecule has 0 aromatic heterocycles. The van der Waals surface area contributed by atoms with Crippen molar-refractivity contribution in [3.8, 4) is 6.07 Å². The molecule has 0 bridgehead atoms. The van der Waals surface area contributed by atoms with Gasteiger partial charge in [0.2, 0.25) is 5.91 Å². The molecule has 3 atom stereocenters. The summed E-state index contributed by atoms with van der Waals surface area (Å²) in [5, 5.41) is 10.4. The van der Waals surface area contributed by atoms with Crippen LogP contribution in [0.25, 0.3) is 0 Å². The number of hydrogen-bond donors (Lipinski definition) is 1. The number of carbonyl (C=O) groups is 3. The smallest absolute Gasteiger partial charge is 0.359 e. The van der Waals surface area contributed by atoms with E-state index in [0.717, 1.165) is 22.9 Å². The first kappa shape index (κ1) is 25.7. The quantitative estimate of drug-likeness (QED) is 0.394. The summed E-state index contributed by atoms with van der Waals surface area (Å²) in [6.07, 6.45) is 0.965. The second-order valence-corrected chi connectivity index (χ2v) is 10.0. The van der Waals surface area contributed by atoms with Gasteiger partial charge in [-0.05, 0) is 24.3 Å². The molecule has 0 aliphatic carbocycles. The Hall–Kier alpha value is -3.42. The van der Waals surface area contributed by atoms with Gasteiger partial charge in [0.15, 0.2) is 17.1 Å². The molecule has 2 unspecified atom stereocenters. The summed E-state index contributed by atoms with van der Waals surface area (Å²) in [5.74, 6) is -0.955. The van der Waals surface area contributed by atoms with E-state index < -0.39 is 40.6 Å². The van der Waals surface area contributed by atoms with Gasteiger partial charge in [-0.15, -0.1) is 23.5 Å². The number of hydrogen-bond acceptors (Lipinski definition) is 8. The lowest BCUT2D eigenvalue weighted by molar-refractivity contribution is -0.155. The van der Waals surface area contributed by atoms with Gasteiger partial charge in [-0.3, -0.25) is 14.5 Å². The fourth-order valence-corrected chi connectivity index (χ4v) is 5.72. The Kier molecular flexibility index (Phi) is 8.23. The van der Waals surface area contributed by atoms with E-state index in [4.69, 9.17) is 14.7 Å². The molecule has 1 saturated heterocycles. The van der Waals surface area contributed by atoms with E-state index in [1.165, 1.54) is 16.7 Å². The normalized spacial score (nSPS) is 19.6. The minimum atomic E-state index is -0.920. The Morgan fingerprint density at radius 3 is 2.31 bits per heavy atom. The lowest BCUT2D eigenvalue weighted by Gasteiger charge is -2.49. The Labute approximate surface area is 218 Å². The summed E-state index contributed by atoms with van der Waals surface area (Å²) in [6, 6.07) is 19.8. The zero-order chi connectivity index (χ0) is 25.7. The van der Waals surface area contributed by atoms with Gasteiger partial charge >= 0.3 is 5.97 Å². The van der Waals surface area contributed by atoms with Crippen molar-refractivity contribution in [3.63, 3.8) is 0 Å². The maximum Gasteiger partial charge on any atom is 0.359 e. The second kappa shape index (κ2) is 11.5. The van der Waals surface area contributed by atoms with Crippen LogP contribution in [0.15, 0.2) is 72.1 Å². The molecule has 36 heavy (non-hydrogen) atoms. The fraction of sp³-hybridized carbons (Fsp3) is 0.308. The van der Waals surface area contributed by atoms with Crippen LogP contribution in [-0.4, -0.2) is 58.0 Å². The van der Waals surface area contributed by atoms with E-state index in [9.17, 15) is 14.4 Å². The first-order valence-corrected chi connectivity index (χ1v) is 13.7. The Bertz CT molecular complexity index is 1160. The monoisotopic (exact) mass is 523 g/mol. The van der Waals surface area contributed by atoms with Crippen LogP contribution in [-0.2, 0) is 23.9 Å². The van der Waals surface area contributed by atoms with Crippen LogP contribution in [0, 0.1) is 11.3 Å². The highest BCUT2D eigenvalue weighted by Crippen LogP contribution is 2.42. The maximum absolute atomic E-state index is 13.6. The van der Waals surface area contributed by atoms with E-state index in [0.29, 0.717) is 18.1 Å². The standard InChI is InChI=1S/C26H25N3O5S2/c1-3-33-18-15-36-25-20(28-23(30)19(14-27)35-2)24(31)29(25)21(18)26(32)34-22(16-10-6-4-7-11-16)17-12-8-5-9-13-17/h4-13,19-20,22,25H,3,15H2,1-2H3,(H,28,30)/t19?,20?,25-/m0/s1. The number of carbonyl (C=O) groups excluding carboxylic acids is 3. The lowest BCUT2D eigenvalue weighted by Crippen LogP contribution is -2.71. The van der Waals surface area contributed by atoms with Crippen molar-refractivity contribution in [3.05, 3.63) is 83.2 Å². The number of fused-ring (bicyclic) bond motifs is 1. The van der Waals surface area contributed by atoms with Crippen molar-refractivity contribution >= 4 is 41.3 Å². The molecular weight excluding hydrogens is 498 g/mol. The average Bonchev–Trinajstić information content (AvgIpc) is 2.91. The Morgan fingerprint density at radius 2 is 1.78 bits per heavy atom. The van der Waals surface area contributed by atoms with Crippen molar-refractivity contribution in [2.45, 2.75) is 29.7 Å². The molecule has 2 aliphatic rings. The van der Waals surface area contributed by atoms with Crippen LogP contribution >= 0.6 is 23.5 Å². The second-order valence-electron chi connectivity index (χ2n) is 7.95. The SMILES string of the molecule is CCOC1=C(C(=O)OC(c2ccccc2)c2ccccc2)N2C(=O)C(NC(=O)C(C#N)SC)[C@@H]2SC1. The van der Waals surface area contributed by atoms with Gasteiger partial charge in [0.05, 0.1) is 18.4 Å². The van der Waals surface area contributed by atoms with Crippen LogP contribution in [0.2, 0.25) is 0 Å². The number of nitrogens with one attached hydrogen (secondary N) is 1. The predicted molar refractivity (Wildman–Crippen MR) is 137 cm³/mol. The first-order chi connectivity index (χ1) is 17.5. The van der Waals surface area contributed by atoms with Crippen molar-refractivity contribution in [2.24, 2.45) is 0 Å². The molecule has 2 aromatic carbocycles. The summed E-state index contributed by atoms with van der Waals surface area (Å²) in [4.78, 5) is 40.5. The Morgan fingerprint density at radius 1 is 1.17 bits per heavy atom. The first-order valence-electron chi connectivity index (χ1n) is 11.3. The van der Waals surface area contributed by atoms with Gasteiger partial charge in [-0.25, -0.2) is 4.79 Å².